The second kappa shape index (κ2) is 4.57. The number of rotatable bonds is 5. The average molecular weight is 225 g/mol. The summed E-state index contributed by atoms with van der Waals surface area (Å²) in [7, 11) is 0. The molecular formula is C7H11N7O2. The zero-order chi connectivity index (χ0) is 11.4. The number of aryl methyl sites for hydroxylation is 1. The molecule has 0 spiro atoms. The SMILES string of the molecule is NN(CCCc1nnn[nH]1)c1cc(O)on1. The zero-order valence-electron chi connectivity index (χ0n) is 8.37. The van der Waals surface area contributed by atoms with E-state index < -0.39 is 0 Å². The van der Waals surface area contributed by atoms with E-state index in [9.17, 15) is 0 Å². The maximum Gasteiger partial charge on any atom is 0.310 e. The van der Waals surface area contributed by atoms with Crippen LogP contribution in [0.5, 0.6) is 5.95 Å². The Labute approximate surface area is 90.2 Å². The maximum absolute atomic E-state index is 8.93. The molecule has 2 heterocycles. The van der Waals surface area contributed by atoms with Gasteiger partial charge in [-0.05, 0) is 16.8 Å². The fraction of sp³-hybridized carbons (Fsp3) is 0.429. The van der Waals surface area contributed by atoms with Gasteiger partial charge in [-0.2, -0.15) is 0 Å². The van der Waals surface area contributed by atoms with E-state index in [-0.39, 0.29) is 5.95 Å². The van der Waals surface area contributed by atoms with Crippen LogP contribution < -0.4 is 10.9 Å². The summed E-state index contributed by atoms with van der Waals surface area (Å²) in [6.07, 6.45) is 1.44. The van der Waals surface area contributed by atoms with Crippen molar-refractivity contribution in [3.8, 4) is 5.95 Å². The predicted molar refractivity (Wildman–Crippen MR) is 52.2 cm³/mol. The Bertz CT molecular complexity index is 426. The highest BCUT2D eigenvalue weighted by molar-refractivity contribution is 5.37. The van der Waals surface area contributed by atoms with Crippen LogP contribution in [0.1, 0.15) is 12.2 Å². The average Bonchev–Trinajstić information content (AvgIpc) is 2.89. The molecule has 0 fully saturated rings. The Hall–Kier alpha value is -2.16. The molecular weight excluding hydrogens is 214 g/mol. The smallest absolute Gasteiger partial charge is 0.310 e. The maximum atomic E-state index is 8.93. The van der Waals surface area contributed by atoms with E-state index in [1.165, 1.54) is 11.1 Å². The van der Waals surface area contributed by atoms with Gasteiger partial charge in [-0.3, -0.25) is 5.01 Å². The van der Waals surface area contributed by atoms with Crippen LogP contribution in [0, 0.1) is 0 Å². The lowest BCUT2D eigenvalue weighted by Crippen LogP contribution is -2.32. The van der Waals surface area contributed by atoms with Crippen molar-refractivity contribution in [2.75, 3.05) is 11.6 Å². The summed E-state index contributed by atoms with van der Waals surface area (Å²) < 4.78 is 4.48. The fourth-order valence-corrected chi connectivity index (χ4v) is 1.21. The van der Waals surface area contributed by atoms with Crippen LogP contribution in [0.4, 0.5) is 5.82 Å². The number of aromatic amines is 1. The first kappa shape index (κ1) is 10.4. The van der Waals surface area contributed by atoms with Crippen LogP contribution in [0.25, 0.3) is 0 Å². The largest absolute Gasteiger partial charge is 0.479 e. The molecule has 9 heteroatoms. The van der Waals surface area contributed by atoms with E-state index in [4.69, 9.17) is 10.9 Å². The van der Waals surface area contributed by atoms with Crippen molar-refractivity contribution < 1.29 is 9.63 Å². The van der Waals surface area contributed by atoms with E-state index in [0.29, 0.717) is 24.6 Å². The zero-order valence-corrected chi connectivity index (χ0v) is 8.37. The molecule has 2 aromatic rings. The predicted octanol–water partition coefficient (Wildman–Crippen LogP) is -0.794. The second-order valence-corrected chi connectivity index (χ2v) is 3.17. The Morgan fingerprint density at radius 1 is 1.56 bits per heavy atom. The summed E-state index contributed by atoms with van der Waals surface area (Å²) in [5.41, 5.74) is 0. The minimum Gasteiger partial charge on any atom is -0.479 e. The Kier molecular flexibility index (Phi) is 2.96. The molecule has 0 radical (unpaired) electrons. The molecule has 0 saturated heterocycles. The highest BCUT2D eigenvalue weighted by Crippen LogP contribution is 2.16. The van der Waals surface area contributed by atoms with Gasteiger partial charge in [-0.1, -0.05) is 5.16 Å². The van der Waals surface area contributed by atoms with Crippen LogP contribution in [-0.2, 0) is 6.42 Å². The van der Waals surface area contributed by atoms with E-state index in [1.807, 2.05) is 0 Å². The Morgan fingerprint density at radius 2 is 2.44 bits per heavy atom. The molecule has 86 valence electrons. The van der Waals surface area contributed by atoms with Crippen molar-refractivity contribution in [1.82, 2.24) is 25.8 Å². The van der Waals surface area contributed by atoms with Gasteiger partial charge in [0, 0.05) is 13.0 Å². The molecule has 16 heavy (non-hydrogen) atoms. The molecule has 0 unspecified atom stereocenters. The summed E-state index contributed by atoms with van der Waals surface area (Å²) in [5, 5.41) is 27.2. The van der Waals surface area contributed by atoms with Crippen molar-refractivity contribution in [3.63, 3.8) is 0 Å². The molecule has 0 amide bonds. The van der Waals surface area contributed by atoms with Crippen LogP contribution in [-0.4, -0.2) is 37.4 Å². The summed E-state index contributed by atoms with van der Waals surface area (Å²) in [4.78, 5) is 0. The molecule has 2 aromatic heterocycles. The van der Waals surface area contributed by atoms with E-state index in [1.54, 1.807) is 0 Å². The number of hydrazine groups is 1. The number of anilines is 1. The summed E-state index contributed by atoms with van der Waals surface area (Å²) in [6.45, 7) is 0.548. The number of nitrogens with two attached hydrogens (primary N) is 1. The third kappa shape index (κ3) is 2.45. The molecule has 0 bridgehead atoms. The first-order valence-electron chi connectivity index (χ1n) is 4.66. The van der Waals surface area contributed by atoms with Gasteiger partial charge in [-0.15, -0.1) is 5.10 Å². The number of tetrazole rings is 1. The number of aromatic hydroxyl groups is 1. The monoisotopic (exact) mass is 225 g/mol. The normalized spacial score (nSPS) is 10.6. The topological polar surface area (TPSA) is 130 Å². The Morgan fingerprint density at radius 3 is 3.06 bits per heavy atom. The molecule has 0 atom stereocenters. The molecule has 0 aromatic carbocycles. The number of nitrogens with one attached hydrogen (secondary N) is 1. The molecule has 0 aliphatic carbocycles. The number of hydrogen-bond donors (Lipinski definition) is 3. The minimum absolute atomic E-state index is 0.259. The number of hydrogen-bond acceptors (Lipinski definition) is 8. The fourth-order valence-electron chi connectivity index (χ4n) is 1.21. The van der Waals surface area contributed by atoms with Gasteiger partial charge in [0.2, 0.25) is 0 Å². The number of aromatic nitrogens is 5. The molecule has 4 N–H and O–H groups in total. The quantitative estimate of drug-likeness (QED) is 0.445. The van der Waals surface area contributed by atoms with E-state index >= 15 is 0 Å². The van der Waals surface area contributed by atoms with E-state index in [0.717, 1.165) is 6.42 Å². The number of nitrogens with zero attached hydrogens (tertiary/aromatic N) is 5. The summed E-state index contributed by atoms with van der Waals surface area (Å²) >= 11 is 0. The van der Waals surface area contributed by atoms with Gasteiger partial charge >= 0.3 is 5.95 Å². The highest BCUT2D eigenvalue weighted by Gasteiger charge is 2.08. The first-order chi connectivity index (χ1) is 7.75. The van der Waals surface area contributed by atoms with Crippen molar-refractivity contribution in [2.24, 2.45) is 5.84 Å². The van der Waals surface area contributed by atoms with Crippen LogP contribution >= 0.6 is 0 Å². The molecule has 0 saturated carbocycles. The standard InChI is InChI=1S/C7H11N7O2/c8-14(6-4-7(15)16-11-6)3-1-2-5-9-12-13-10-5/h4,15H,1-3,8H2,(H,9,10,12,13). The van der Waals surface area contributed by atoms with Crippen molar-refractivity contribution in [2.45, 2.75) is 12.8 Å². The molecule has 0 aliphatic rings. The van der Waals surface area contributed by atoms with Gasteiger partial charge in [0.1, 0.15) is 5.82 Å². The third-order valence-electron chi connectivity index (χ3n) is 1.98. The third-order valence-corrected chi connectivity index (χ3v) is 1.98. The van der Waals surface area contributed by atoms with Crippen molar-refractivity contribution in [3.05, 3.63) is 11.9 Å². The number of H-pyrrole nitrogens is 1. The van der Waals surface area contributed by atoms with Crippen LogP contribution in [0.2, 0.25) is 0 Å². The van der Waals surface area contributed by atoms with Gasteiger partial charge in [0.05, 0.1) is 6.07 Å². The summed E-state index contributed by atoms with van der Waals surface area (Å²) in [5.74, 6) is 6.51. The van der Waals surface area contributed by atoms with Gasteiger partial charge in [0.25, 0.3) is 0 Å². The van der Waals surface area contributed by atoms with E-state index in [2.05, 4.69) is 30.3 Å². The van der Waals surface area contributed by atoms with Gasteiger partial charge in [-0.25, -0.2) is 10.9 Å². The Balaban J connectivity index is 1.78. The van der Waals surface area contributed by atoms with Gasteiger partial charge < -0.3 is 9.63 Å². The molecule has 2 rings (SSSR count). The van der Waals surface area contributed by atoms with Crippen LogP contribution in [0.15, 0.2) is 10.6 Å². The molecule has 9 nitrogen and oxygen atoms in total. The lowest BCUT2D eigenvalue weighted by atomic mass is 10.3. The lowest BCUT2D eigenvalue weighted by Gasteiger charge is -2.13. The lowest BCUT2D eigenvalue weighted by molar-refractivity contribution is 0.278. The summed E-state index contributed by atoms with van der Waals surface area (Å²) in [6, 6.07) is 1.34. The minimum atomic E-state index is -0.259. The molecule has 0 aliphatic heterocycles. The van der Waals surface area contributed by atoms with Crippen LogP contribution in [0.3, 0.4) is 0 Å². The highest BCUT2D eigenvalue weighted by atomic mass is 16.5. The second-order valence-electron chi connectivity index (χ2n) is 3.17. The van der Waals surface area contributed by atoms with Crippen molar-refractivity contribution in [1.29, 1.82) is 0 Å². The first-order valence-corrected chi connectivity index (χ1v) is 4.66. The van der Waals surface area contributed by atoms with Gasteiger partial charge in [0.15, 0.2) is 5.82 Å². The van der Waals surface area contributed by atoms with Crippen molar-refractivity contribution >= 4 is 5.82 Å².